The molecule has 0 aliphatic rings. The van der Waals surface area contributed by atoms with E-state index >= 15 is 0 Å². The molecule has 0 aliphatic carbocycles. The molecule has 6 nitrogen and oxygen atoms in total. The normalized spacial score (nSPS) is 10.4. The van der Waals surface area contributed by atoms with E-state index in [1.807, 2.05) is 13.0 Å². The number of halogens is 1. The average molecular weight is 211 g/mol. The molecule has 0 atom stereocenters. The van der Waals surface area contributed by atoms with Gasteiger partial charge in [0.1, 0.15) is 0 Å². The lowest BCUT2D eigenvalue weighted by Crippen LogP contribution is -2.06. The number of nitrogen functional groups attached to an aromatic ring is 1. The summed E-state index contributed by atoms with van der Waals surface area (Å²) in [5.41, 5.74) is 6.28. The van der Waals surface area contributed by atoms with Crippen LogP contribution in [0.2, 0.25) is 5.28 Å². The van der Waals surface area contributed by atoms with Crippen molar-refractivity contribution in [1.82, 2.24) is 24.7 Å². The summed E-state index contributed by atoms with van der Waals surface area (Å²) < 4.78 is 1.49. The van der Waals surface area contributed by atoms with Crippen molar-refractivity contribution in [2.75, 3.05) is 5.73 Å². The number of aryl methyl sites for hydroxylation is 1. The standard InChI is InChI=1S/C7H7ClN6/c1-4-2-3-14(13-4)7-11-5(8)10-6(9)12-7/h2-3H,1H3,(H2,9,10,11,12). The van der Waals surface area contributed by atoms with Gasteiger partial charge in [0.05, 0.1) is 5.69 Å². The van der Waals surface area contributed by atoms with Gasteiger partial charge in [0.2, 0.25) is 11.2 Å². The van der Waals surface area contributed by atoms with Crippen LogP contribution in [-0.4, -0.2) is 24.7 Å². The van der Waals surface area contributed by atoms with Gasteiger partial charge in [0.25, 0.3) is 5.95 Å². The molecule has 2 rings (SSSR count). The van der Waals surface area contributed by atoms with E-state index in [-0.39, 0.29) is 11.2 Å². The Hall–Kier alpha value is -1.69. The monoisotopic (exact) mass is 210 g/mol. The Kier molecular flexibility index (Phi) is 2.05. The highest BCUT2D eigenvalue weighted by atomic mass is 35.5. The van der Waals surface area contributed by atoms with Gasteiger partial charge in [-0.05, 0) is 24.6 Å². The first-order chi connectivity index (χ1) is 6.65. The maximum absolute atomic E-state index is 5.62. The fraction of sp³-hybridized carbons (Fsp3) is 0.143. The second-order valence-electron chi connectivity index (χ2n) is 2.66. The molecule has 0 aliphatic heterocycles. The first kappa shape index (κ1) is 8.89. The first-order valence-electron chi connectivity index (χ1n) is 3.85. The highest BCUT2D eigenvalue weighted by Crippen LogP contribution is 2.06. The number of rotatable bonds is 1. The van der Waals surface area contributed by atoms with Crippen LogP contribution in [-0.2, 0) is 0 Å². The second-order valence-corrected chi connectivity index (χ2v) is 3.00. The maximum atomic E-state index is 5.62. The number of aromatic nitrogens is 5. The molecular weight excluding hydrogens is 204 g/mol. The second kappa shape index (κ2) is 3.22. The molecule has 2 heterocycles. The van der Waals surface area contributed by atoms with Gasteiger partial charge in [-0.2, -0.15) is 20.1 Å². The van der Waals surface area contributed by atoms with E-state index < -0.39 is 0 Å². The minimum Gasteiger partial charge on any atom is -0.368 e. The molecule has 2 aromatic heterocycles. The maximum Gasteiger partial charge on any atom is 0.256 e. The third-order valence-corrected chi connectivity index (χ3v) is 1.71. The van der Waals surface area contributed by atoms with E-state index in [1.54, 1.807) is 6.20 Å². The van der Waals surface area contributed by atoms with Gasteiger partial charge in [-0.25, -0.2) is 4.68 Å². The highest BCUT2D eigenvalue weighted by Gasteiger charge is 2.05. The smallest absolute Gasteiger partial charge is 0.256 e. The van der Waals surface area contributed by atoms with E-state index in [0.717, 1.165) is 5.69 Å². The lowest BCUT2D eigenvalue weighted by Gasteiger charge is -1.99. The van der Waals surface area contributed by atoms with E-state index in [1.165, 1.54) is 4.68 Å². The Morgan fingerprint density at radius 1 is 1.36 bits per heavy atom. The molecule has 7 heteroatoms. The molecule has 2 aromatic rings. The van der Waals surface area contributed by atoms with Crippen LogP contribution in [0.3, 0.4) is 0 Å². The Morgan fingerprint density at radius 2 is 2.14 bits per heavy atom. The Morgan fingerprint density at radius 3 is 2.71 bits per heavy atom. The average Bonchev–Trinajstić information content (AvgIpc) is 2.50. The fourth-order valence-corrected chi connectivity index (χ4v) is 1.15. The van der Waals surface area contributed by atoms with E-state index in [2.05, 4.69) is 20.1 Å². The van der Waals surface area contributed by atoms with Crippen molar-refractivity contribution >= 4 is 17.5 Å². The van der Waals surface area contributed by atoms with Gasteiger partial charge in [-0.1, -0.05) is 0 Å². The van der Waals surface area contributed by atoms with Crippen LogP contribution in [0.25, 0.3) is 5.95 Å². The van der Waals surface area contributed by atoms with Crippen molar-refractivity contribution in [2.45, 2.75) is 6.92 Å². The number of anilines is 1. The summed E-state index contributed by atoms with van der Waals surface area (Å²) in [7, 11) is 0. The van der Waals surface area contributed by atoms with Gasteiger partial charge in [0, 0.05) is 6.20 Å². The van der Waals surface area contributed by atoms with Crippen LogP contribution in [0, 0.1) is 6.92 Å². The van der Waals surface area contributed by atoms with Crippen LogP contribution >= 0.6 is 11.6 Å². The van der Waals surface area contributed by atoms with E-state index in [9.17, 15) is 0 Å². The molecule has 0 spiro atoms. The summed E-state index contributed by atoms with van der Waals surface area (Å²) in [4.78, 5) is 11.4. The van der Waals surface area contributed by atoms with Crippen LogP contribution in [0.1, 0.15) is 5.69 Å². The molecule has 0 amide bonds. The lowest BCUT2D eigenvalue weighted by atomic mass is 10.5. The number of hydrogen-bond acceptors (Lipinski definition) is 5. The minimum absolute atomic E-state index is 0.0562. The molecule has 0 unspecified atom stereocenters. The Bertz CT molecular complexity index is 445. The van der Waals surface area contributed by atoms with Crippen LogP contribution in [0.4, 0.5) is 5.95 Å². The van der Waals surface area contributed by atoms with Crippen molar-refractivity contribution in [3.8, 4) is 5.95 Å². The quantitative estimate of drug-likeness (QED) is 0.745. The molecular formula is C7H7ClN6. The SMILES string of the molecule is Cc1ccn(-c2nc(N)nc(Cl)n2)n1. The van der Waals surface area contributed by atoms with E-state index in [0.29, 0.717) is 5.95 Å². The zero-order valence-corrected chi connectivity index (χ0v) is 8.10. The molecule has 0 aromatic carbocycles. The van der Waals surface area contributed by atoms with Crippen LogP contribution in [0.15, 0.2) is 12.3 Å². The highest BCUT2D eigenvalue weighted by molar-refractivity contribution is 6.28. The number of nitrogens with two attached hydrogens (primary N) is 1. The van der Waals surface area contributed by atoms with Crippen molar-refractivity contribution in [2.24, 2.45) is 0 Å². The lowest BCUT2D eigenvalue weighted by molar-refractivity contribution is 0.788. The van der Waals surface area contributed by atoms with Crippen LogP contribution < -0.4 is 5.73 Å². The third kappa shape index (κ3) is 1.64. The zero-order chi connectivity index (χ0) is 10.1. The molecule has 2 N–H and O–H groups in total. The van der Waals surface area contributed by atoms with Gasteiger partial charge in [-0.3, -0.25) is 0 Å². The Balaban J connectivity index is 2.51. The van der Waals surface area contributed by atoms with E-state index in [4.69, 9.17) is 17.3 Å². The van der Waals surface area contributed by atoms with Crippen molar-refractivity contribution in [1.29, 1.82) is 0 Å². The van der Waals surface area contributed by atoms with Crippen molar-refractivity contribution in [3.05, 3.63) is 23.2 Å². The van der Waals surface area contributed by atoms with Gasteiger partial charge in [-0.15, -0.1) is 0 Å². The first-order valence-corrected chi connectivity index (χ1v) is 4.22. The number of nitrogens with zero attached hydrogens (tertiary/aromatic N) is 5. The summed E-state index contributed by atoms with van der Waals surface area (Å²) in [6.45, 7) is 1.86. The topological polar surface area (TPSA) is 82.5 Å². The molecule has 0 saturated carbocycles. The zero-order valence-electron chi connectivity index (χ0n) is 7.35. The summed E-state index contributed by atoms with van der Waals surface area (Å²) in [5.74, 6) is 0.392. The summed E-state index contributed by atoms with van der Waals surface area (Å²) >= 11 is 5.62. The minimum atomic E-state index is 0.0562. The summed E-state index contributed by atoms with van der Waals surface area (Å²) in [6.07, 6.45) is 1.72. The largest absolute Gasteiger partial charge is 0.368 e. The molecule has 72 valence electrons. The van der Waals surface area contributed by atoms with Crippen molar-refractivity contribution < 1.29 is 0 Å². The molecule has 0 fully saturated rings. The molecule has 0 saturated heterocycles. The molecule has 14 heavy (non-hydrogen) atoms. The van der Waals surface area contributed by atoms with Gasteiger partial charge < -0.3 is 5.73 Å². The predicted molar refractivity (Wildman–Crippen MR) is 51.1 cm³/mol. The Labute approximate surface area is 84.8 Å². The third-order valence-electron chi connectivity index (χ3n) is 1.54. The summed E-state index contributed by atoms with van der Waals surface area (Å²) in [5, 5.41) is 4.17. The number of hydrogen-bond donors (Lipinski definition) is 1. The fourth-order valence-electron chi connectivity index (χ4n) is 0.983. The van der Waals surface area contributed by atoms with Crippen molar-refractivity contribution in [3.63, 3.8) is 0 Å². The van der Waals surface area contributed by atoms with Crippen LogP contribution in [0.5, 0.6) is 0 Å². The van der Waals surface area contributed by atoms with Gasteiger partial charge in [0.15, 0.2) is 0 Å². The predicted octanol–water partition coefficient (Wildman–Crippen LogP) is 0.601. The molecule has 0 radical (unpaired) electrons. The van der Waals surface area contributed by atoms with Gasteiger partial charge >= 0.3 is 0 Å². The molecule has 0 bridgehead atoms. The summed E-state index contributed by atoms with van der Waals surface area (Å²) in [6, 6.07) is 1.83.